The van der Waals surface area contributed by atoms with Crippen LogP contribution < -0.4 is 9.47 Å². The van der Waals surface area contributed by atoms with Gasteiger partial charge in [0.2, 0.25) is 6.79 Å². The first-order valence-electron chi connectivity index (χ1n) is 7.25. The Hall–Kier alpha value is -3.28. The fraction of sp³-hybridized carbons (Fsp3) is 0.0588. The Morgan fingerprint density at radius 3 is 2.96 bits per heavy atom. The number of nitrogens with zero attached hydrogens (tertiary/aromatic N) is 3. The Morgan fingerprint density at radius 1 is 1.09 bits per heavy atom. The molecule has 112 valence electrons. The summed E-state index contributed by atoms with van der Waals surface area (Å²) in [6.45, 7) is 0.260. The lowest BCUT2D eigenvalue weighted by Crippen LogP contribution is -1.97. The average Bonchev–Trinajstić information content (AvgIpc) is 3.32. The van der Waals surface area contributed by atoms with Gasteiger partial charge in [0.1, 0.15) is 5.65 Å². The van der Waals surface area contributed by atoms with Crippen LogP contribution in [-0.2, 0) is 0 Å². The molecule has 0 aliphatic carbocycles. The largest absolute Gasteiger partial charge is 0.454 e. The zero-order valence-electron chi connectivity index (χ0n) is 12.1. The van der Waals surface area contributed by atoms with Gasteiger partial charge in [0.15, 0.2) is 11.5 Å². The lowest BCUT2D eigenvalue weighted by Gasteiger charge is -2.11. The quantitative estimate of drug-likeness (QED) is 0.618. The highest BCUT2D eigenvalue weighted by molar-refractivity contribution is 5.84. The zero-order valence-corrected chi connectivity index (χ0v) is 12.1. The van der Waals surface area contributed by atoms with Crippen LogP contribution in [0.2, 0.25) is 0 Å². The van der Waals surface area contributed by atoms with E-state index in [1.54, 1.807) is 12.5 Å². The van der Waals surface area contributed by atoms with Crippen molar-refractivity contribution in [2.75, 3.05) is 6.79 Å². The zero-order chi connectivity index (χ0) is 15.2. The second-order valence-electron chi connectivity index (χ2n) is 5.31. The van der Waals surface area contributed by atoms with Crippen LogP contribution in [0.3, 0.4) is 0 Å². The molecule has 0 amide bonds. The van der Waals surface area contributed by atoms with Crippen LogP contribution in [0.15, 0.2) is 55.2 Å². The first-order chi connectivity index (χ1) is 11.4. The van der Waals surface area contributed by atoms with E-state index in [2.05, 4.69) is 16.0 Å². The maximum absolute atomic E-state index is 5.49. The van der Waals surface area contributed by atoms with Gasteiger partial charge in [-0.05, 0) is 30.3 Å². The molecule has 4 aromatic rings. The predicted molar refractivity (Wildman–Crippen MR) is 84.8 cm³/mol. The van der Waals surface area contributed by atoms with E-state index in [9.17, 15) is 0 Å². The summed E-state index contributed by atoms with van der Waals surface area (Å²) >= 11 is 0. The fourth-order valence-electron chi connectivity index (χ4n) is 2.83. The summed E-state index contributed by atoms with van der Waals surface area (Å²) in [6, 6.07) is 9.97. The van der Waals surface area contributed by atoms with E-state index in [-0.39, 0.29) is 6.79 Å². The van der Waals surface area contributed by atoms with Gasteiger partial charge in [-0.15, -0.1) is 0 Å². The van der Waals surface area contributed by atoms with Gasteiger partial charge in [0.05, 0.1) is 17.7 Å². The number of pyridine rings is 1. The third-order valence-corrected chi connectivity index (χ3v) is 3.94. The van der Waals surface area contributed by atoms with Gasteiger partial charge < -0.3 is 19.0 Å². The molecule has 3 aromatic heterocycles. The third-order valence-electron chi connectivity index (χ3n) is 3.94. The molecule has 0 bridgehead atoms. The van der Waals surface area contributed by atoms with Crippen LogP contribution in [0.5, 0.6) is 11.5 Å². The topological polar surface area (TPSA) is 65.0 Å². The summed E-state index contributed by atoms with van der Waals surface area (Å²) in [6.07, 6.45) is 7.32. The second-order valence-corrected chi connectivity index (χ2v) is 5.31. The molecule has 0 fully saturated rings. The van der Waals surface area contributed by atoms with E-state index in [0.717, 1.165) is 39.5 Å². The number of aromatic nitrogens is 4. The van der Waals surface area contributed by atoms with Crippen LogP contribution in [0.25, 0.3) is 28.0 Å². The molecular weight excluding hydrogens is 292 g/mol. The monoisotopic (exact) mass is 304 g/mol. The molecule has 0 atom stereocenters. The summed E-state index contributed by atoms with van der Waals surface area (Å²) in [7, 11) is 0. The average molecular weight is 304 g/mol. The number of hydrogen-bond donors (Lipinski definition) is 1. The summed E-state index contributed by atoms with van der Waals surface area (Å²) in [4.78, 5) is 12.1. The van der Waals surface area contributed by atoms with E-state index in [0.29, 0.717) is 0 Å². The van der Waals surface area contributed by atoms with Crippen molar-refractivity contribution in [3.63, 3.8) is 0 Å². The van der Waals surface area contributed by atoms with Crippen LogP contribution in [0.1, 0.15) is 0 Å². The molecule has 23 heavy (non-hydrogen) atoms. The molecule has 0 unspecified atom stereocenters. The van der Waals surface area contributed by atoms with Crippen molar-refractivity contribution in [2.24, 2.45) is 0 Å². The highest BCUT2D eigenvalue weighted by Gasteiger charge is 2.17. The molecule has 5 rings (SSSR count). The molecule has 0 spiro atoms. The molecule has 0 radical (unpaired) electrons. The molecular formula is C17H12N4O2. The van der Waals surface area contributed by atoms with Crippen molar-refractivity contribution >= 4 is 11.0 Å². The first kappa shape index (κ1) is 12.3. The minimum atomic E-state index is 0.260. The van der Waals surface area contributed by atoms with E-state index in [1.807, 2.05) is 41.2 Å². The molecule has 1 aromatic carbocycles. The Morgan fingerprint density at radius 2 is 2.04 bits per heavy atom. The molecule has 1 N–H and O–H groups in total. The Balaban J connectivity index is 1.77. The van der Waals surface area contributed by atoms with Crippen LogP contribution in [0, 0.1) is 0 Å². The van der Waals surface area contributed by atoms with Gasteiger partial charge in [-0.1, -0.05) is 0 Å². The van der Waals surface area contributed by atoms with Crippen molar-refractivity contribution in [1.29, 1.82) is 0 Å². The number of aromatic amines is 1. The molecule has 1 aliphatic heterocycles. The maximum Gasteiger partial charge on any atom is 0.231 e. The SMILES string of the molecule is c1cn(-c2cc3cc[nH]c3nc2-c2ccc3c(c2)OCO3)cn1. The van der Waals surface area contributed by atoms with Gasteiger partial charge in [0.25, 0.3) is 0 Å². The van der Waals surface area contributed by atoms with E-state index < -0.39 is 0 Å². The first-order valence-corrected chi connectivity index (χ1v) is 7.25. The number of rotatable bonds is 2. The van der Waals surface area contributed by atoms with Crippen molar-refractivity contribution in [3.8, 4) is 28.4 Å². The summed E-state index contributed by atoms with van der Waals surface area (Å²) < 4.78 is 12.8. The van der Waals surface area contributed by atoms with Crippen LogP contribution in [-0.4, -0.2) is 26.3 Å². The molecule has 1 aliphatic rings. The number of fused-ring (bicyclic) bond motifs is 2. The lowest BCUT2D eigenvalue weighted by atomic mass is 10.1. The lowest BCUT2D eigenvalue weighted by molar-refractivity contribution is 0.174. The molecule has 0 saturated carbocycles. The fourth-order valence-corrected chi connectivity index (χ4v) is 2.83. The minimum absolute atomic E-state index is 0.260. The molecule has 6 heteroatoms. The minimum Gasteiger partial charge on any atom is -0.454 e. The van der Waals surface area contributed by atoms with Crippen molar-refractivity contribution < 1.29 is 9.47 Å². The van der Waals surface area contributed by atoms with Crippen molar-refractivity contribution in [1.82, 2.24) is 19.5 Å². The molecule has 0 saturated heterocycles. The van der Waals surface area contributed by atoms with E-state index in [1.165, 1.54) is 0 Å². The second kappa shape index (κ2) is 4.61. The van der Waals surface area contributed by atoms with Crippen molar-refractivity contribution in [2.45, 2.75) is 0 Å². The molecule has 4 heterocycles. The van der Waals surface area contributed by atoms with Gasteiger partial charge in [-0.2, -0.15) is 0 Å². The number of benzene rings is 1. The highest BCUT2D eigenvalue weighted by atomic mass is 16.7. The van der Waals surface area contributed by atoms with Crippen molar-refractivity contribution in [3.05, 3.63) is 55.2 Å². The Bertz CT molecular complexity index is 1000. The van der Waals surface area contributed by atoms with E-state index in [4.69, 9.17) is 14.5 Å². The van der Waals surface area contributed by atoms with Crippen LogP contribution in [0.4, 0.5) is 0 Å². The highest BCUT2D eigenvalue weighted by Crippen LogP contribution is 2.37. The Labute approximate surface area is 131 Å². The number of nitrogens with one attached hydrogen (secondary N) is 1. The summed E-state index contributed by atoms with van der Waals surface area (Å²) in [5, 5.41) is 1.05. The third kappa shape index (κ3) is 1.88. The number of H-pyrrole nitrogens is 1. The normalized spacial score (nSPS) is 12.9. The Kier molecular flexibility index (Phi) is 2.46. The van der Waals surface area contributed by atoms with E-state index >= 15 is 0 Å². The van der Waals surface area contributed by atoms with Gasteiger partial charge in [-0.3, -0.25) is 0 Å². The smallest absolute Gasteiger partial charge is 0.231 e. The van der Waals surface area contributed by atoms with Gasteiger partial charge >= 0.3 is 0 Å². The number of hydrogen-bond acceptors (Lipinski definition) is 4. The van der Waals surface area contributed by atoms with Gasteiger partial charge in [0, 0.05) is 29.5 Å². The number of imidazole rings is 1. The molecule has 6 nitrogen and oxygen atoms in total. The standard InChI is InChI=1S/C17H12N4O2/c1-2-14-15(23-10-22-14)8-11(1)16-13(21-6-5-18-9-21)7-12-3-4-19-17(12)20-16/h1-9H,10H2,(H,19,20). The summed E-state index contributed by atoms with van der Waals surface area (Å²) in [5.74, 6) is 1.51. The predicted octanol–water partition coefficient (Wildman–Crippen LogP) is 3.14. The number of ether oxygens (including phenoxy) is 2. The van der Waals surface area contributed by atoms with Gasteiger partial charge in [-0.25, -0.2) is 9.97 Å². The summed E-state index contributed by atoms with van der Waals surface area (Å²) in [5.41, 5.74) is 3.64. The van der Waals surface area contributed by atoms with Crippen LogP contribution >= 0.6 is 0 Å². The maximum atomic E-state index is 5.49.